The maximum atomic E-state index is 12.7. The van der Waals surface area contributed by atoms with Crippen LogP contribution in [0.5, 0.6) is 0 Å². The third-order valence-electron chi connectivity index (χ3n) is 3.17. The first-order valence-electron chi connectivity index (χ1n) is 7.13. The fraction of sp³-hybridized carbons (Fsp3) is 0.533. The van der Waals surface area contributed by atoms with Gasteiger partial charge in [-0.3, -0.25) is 4.79 Å². The van der Waals surface area contributed by atoms with Crippen molar-refractivity contribution < 1.29 is 31.1 Å². The minimum absolute atomic E-state index is 0.00196. The van der Waals surface area contributed by atoms with Gasteiger partial charge < -0.3 is 5.32 Å². The number of hydrogen-bond donors (Lipinski definition) is 1. The Morgan fingerprint density at radius 1 is 0.913 bits per heavy atom. The fourth-order valence-electron chi connectivity index (χ4n) is 1.94. The Morgan fingerprint density at radius 3 is 1.87 bits per heavy atom. The first-order valence-corrected chi connectivity index (χ1v) is 7.13. The van der Waals surface area contributed by atoms with E-state index in [1.807, 2.05) is 6.92 Å². The third-order valence-corrected chi connectivity index (χ3v) is 3.17. The summed E-state index contributed by atoms with van der Waals surface area (Å²) in [6, 6.07) is 0.852. The minimum Gasteiger partial charge on any atom is -0.352 e. The van der Waals surface area contributed by atoms with Crippen LogP contribution in [0.2, 0.25) is 0 Å². The minimum atomic E-state index is -4.96. The summed E-state index contributed by atoms with van der Waals surface area (Å²) in [5.41, 5.74) is -3.64. The van der Waals surface area contributed by atoms with Crippen LogP contribution in [0.1, 0.15) is 54.1 Å². The molecule has 0 atom stereocenters. The average Bonchev–Trinajstić information content (AvgIpc) is 2.44. The molecule has 0 bridgehead atoms. The van der Waals surface area contributed by atoms with E-state index in [0.29, 0.717) is 18.6 Å². The zero-order valence-corrected chi connectivity index (χ0v) is 12.4. The lowest BCUT2D eigenvalue weighted by Gasteiger charge is -2.14. The summed E-state index contributed by atoms with van der Waals surface area (Å²) in [7, 11) is 0. The van der Waals surface area contributed by atoms with Crippen LogP contribution in [-0.4, -0.2) is 12.5 Å². The van der Waals surface area contributed by atoms with Crippen molar-refractivity contribution in [3.05, 3.63) is 34.9 Å². The van der Waals surface area contributed by atoms with Crippen molar-refractivity contribution in [1.82, 2.24) is 5.32 Å². The summed E-state index contributed by atoms with van der Waals surface area (Å²) < 4.78 is 76.2. The van der Waals surface area contributed by atoms with Gasteiger partial charge in [-0.1, -0.05) is 26.2 Å². The van der Waals surface area contributed by atoms with Gasteiger partial charge in [-0.05, 0) is 24.6 Å². The largest absolute Gasteiger partial charge is 0.416 e. The van der Waals surface area contributed by atoms with Crippen molar-refractivity contribution in [2.45, 2.75) is 45.0 Å². The summed E-state index contributed by atoms with van der Waals surface area (Å²) >= 11 is 0. The molecule has 1 aromatic rings. The second-order valence-corrected chi connectivity index (χ2v) is 5.11. The summed E-state index contributed by atoms with van der Waals surface area (Å²) in [6.07, 6.45) is -6.57. The smallest absolute Gasteiger partial charge is 0.352 e. The van der Waals surface area contributed by atoms with E-state index in [1.165, 1.54) is 0 Å². The normalized spacial score (nSPS) is 12.3. The molecule has 1 rings (SSSR count). The van der Waals surface area contributed by atoms with Crippen molar-refractivity contribution in [2.24, 2.45) is 0 Å². The first-order chi connectivity index (χ1) is 10.6. The second kappa shape index (κ2) is 7.70. The van der Waals surface area contributed by atoms with Crippen LogP contribution in [0.4, 0.5) is 26.3 Å². The predicted octanol–water partition coefficient (Wildman–Crippen LogP) is 5.03. The lowest BCUT2D eigenvalue weighted by molar-refractivity contribution is -0.143. The molecule has 0 aliphatic heterocycles. The van der Waals surface area contributed by atoms with E-state index in [-0.39, 0.29) is 12.6 Å². The van der Waals surface area contributed by atoms with Crippen LogP contribution in [0.3, 0.4) is 0 Å². The van der Waals surface area contributed by atoms with Crippen LogP contribution >= 0.6 is 0 Å². The molecule has 0 spiro atoms. The van der Waals surface area contributed by atoms with E-state index in [2.05, 4.69) is 5.32 Å². The van der Waals surface area contributed by atoms with Crippen molar-refractivity contribution in [1.29, 1.82) is 0 Å². The number of unbranched alkanes of at least 4 members (excludes halogenated alkanes) is 3. The highest BCUT2D eigenvalue weighted by molar-refractivity contribution is 5.94. The highest BCUT2D eigenvalue weighted by Crippen LogP contribution is 2.36. The van der Waals surface area contributed by atoms with E-state index in [4.69, 9.17) is 0 Å². The van der Waals surface area contributed by atoms with Gasteiger partial charge in [-0.15, -0.1) is 0 Å². The summed E-state index contributed by atoms with van der Waals surface area (Å²) in [4.78, 5) is 11.8. The molecule has 0 saturated heterocycles. The highest BCUT2D eigenvalue weighted by Gasteiger charge is 2.37. The van der Waals surface area contributed by atoms with E-state index >= 15 is 0 Å². The monoisotopic (exact) mass is 341 g/mol. The molecule has 8 heteroatoms. The molecule has 23 heavy (non-hydrogen) atoms. The number of alkyl halides is 6. The Hall–Kier alpha value is -1.73. The van der Waals surface area contributed by atoms with Gasteiger partial charge in [-0.25, -0.2) is 0 Å². The number of carbonyl (C=O) groups excluding carboxylic acids is 1. The van der Waals surface area contributed by atoms with E-state index in [1.54, 1.807) is 0 Å². The van der Waals surface area contributed by atoms with Gasteiger partial charge in [0.25, 0.3) is 5.91 Å². The zero-order chi connectivity index (χ0) is 17.7. The molecule has 0 unspecified atom stereocenters. The van der Waals surface area contributed by atoms with Crippen LogP contribution in [-0.2, 0) is 12.4 Å². The Morgan fingerprint density at radius 2 is 1.43 bits per heavy atom. The van der Waals surface area contributed by atoms with Gasteiger partial charge in [0.2, 0.25) is 0 Å². The average molecular weight is 341 g/mol. The molecular formula is C15H17F6NO. The van der Waals surface area contributed by atoms with Crippen LogP contribution in [0, 0.1) is 0 Å². The predicted molar refractivity (Wildman–Crippen MR) is 72.9 cm³/mol. The molecule has 1 aromatic carbocycles. The number of benzene rings is 1. The summed E-state index contributed by atoms with van der Waals surface area (Å²) in [6.45, 7) is 2.19. The van der Waals surface area contributed by atoms with Gasteiger partial charge >= 0.3 is 12.4 Å². The Bertz CT molecular complexity index is 503. The Kier molecular flexibility index (Phi) is 6.47. The van der Waals surface area contributed by atoms with Gasteiger partial charge in [0.15, 0.2) is 0 Å². The highest BCUT2D eigenvalue weighted by atomic mass is 19.4. The molecule has 0 fully saturated rings. The number of carbonyl (C=O) groups is 1. The van der Waals surface area contributed by atoms with Crippen LogP contribution in [0.15, 0.2) is 18.2 Å². The molecule has 0 saturated carbocycles. The number of halogens is 6. The summed E-state index contributed by atoms with van der Waals surface area (Å²) in [5, 5.41) is 2.34. The van der Waals surface area contributed by atoms with Gasteiger partial charge in [0, 0.05) is 12.1 Å². The first kappa shape index (κ1) is 19.3. The van der Waals surface area contributed by atoms with E-state index in [9.17, 15) is 31.1 Å². The SMILES string of the molecule is CCCCCCNC(=O)c1cc(C(F)(F)F)cc(C(F)(F)F)c1. The molecular weight excluding hydrogens is 324 g/mol. The van der Waals surface area contributed by atoms with Gasteiger partial charge in [0.1, 0.15) is 0 Å². The molecule has 0 heterocycles. The maximum Gasteiger partial charge on any atom is 0.416 e. The quantitative estimate of drug-likeness (QED) is 0.570. The molecule has 0 aromatic heterocycles. The fourth-order valence-corrected chi connectivity index (χ4v) is 1.94. The maximum absolute atomic E-state index is 12.7. The van der Waals surface area contributed by atoms with Crippen LogP contribution in [0.25, 0.3) is 0 Å². The number of hydrogen-bond acceptors (Lipinski definition) is 1. The van der Waals surface area contributed by atoms with E-state index < -0.39 is 35.0 Å². The zero-order valence-electron chi connectivity index (χ0n) is 12.4. The molecule has 0 aliphatic rings. The molecule has 0 radical (unpaired) electrons. The molecule has 2 nitrogen and oxygen atoms in total. The lowest BCUT2D eigenvalue weighted by Crippen LogP contribution is -2.25. The topological polar surface area (TPSA) is 29.1 Å². The summed E-state index contributed by atoms with van der Waals surface area (Å²) in [5.74, 6) is -0.946. The lowest BCUT2D eigenvalue weighted by atomic mass is 10.0. The van der Waals surface area contributed by atoms with Crippen molar-refractivity contribution >= 4 is 5.91 Å². The van der Waals surface area contributed by atoms with Crippen molar-refractivity contribution in [3.63, 3.8) is 0 Å². The van der Waals surface area contributed by atoms with E-state index in [0.717, 1.165) is 19.3 Å². The molecule has 1 amide bonds. The molecule has 130 valence electrons. The molecule has 0 aliphatic carbocycles. The van der Waals surface area contributed by atoms with Crippen molar-refractivity contribution in [2.75, 3.05) is 6.54 Å². The van der Waals surface area contributed by atoms with Gasteiger partial charge in [0.05, 0.1) is 11.1 Å². The Labute approximate surface area is 129 Å². The second-order valence-electron chi connectivity index (χ2n) is 5.11. The Balaban J connectivity index is 2.94. The molecule has 1 N–H and O–H groups in total. The third kappa shape index (κ3) is 6.11. The number of amides is 1. The number of rotatable bonds is 6. The number of nitrogens with one attached hydrogen (secondary N) is 1. The standard InChI is InChI=1S/C15H17F6NO/c1-2-3-4-5-6-22-13(23)10-7-11(14(16,17)18)9-12(8-10)15(19,20)21/h7-9H,2-6H2,1H3,(H,22,23). The van der Waals surface area contributed by atoms with Crippen molar-refractivity contribution in [3.8, 4) is 0 Å². The van der Waals surface area contributed by atoms with Crippen LogP contribution < -0.4 is 5.32 Å². The van der Waals surface area contributed by atoms with Gasteiger partial charge in [-0.2, -0.15) is 26.3 Å².